The van der Waals surface area contributed by atoms with Gasteiger partial charge in [0.15, 0.2) is 0 Å². The molecule has 0 aromatic heterocycles. The van der Waals surface area contributed by atoms with Crippen molar-refractivity contribution in [3.05, 3.63) is 59.4 Å². The van der Waals surface area contributed by atoms with Crippen LogP contribution in [-0.2, 0) is 19.6 Å². The van der Waals surface area contributed by atoms with Crippen LogP contribution in [-0.4, -0.2) is 36.6 Å². The first kappa shape index (κ1) is 21.9. The lowest BCUT2D eigenvalue weighted by molar-refractivity contribution is -0.122. The Kier molecular flexibility index (Phi) is 6.14. The summed E-state index contributed by atoms with van der Waals surface area (Å²) in [7, 11) is -4.05. The number of hydrogen-bond donors (Lipinski definition) is 0. The third-order valence-corrected chi connectivity index (χ3v) is 8.07. The van der Waals surface area contributed by atoms with Crippen LogP contribution in [0.4, 0.5) is 10.1 Å². The number of carbonyl (C=O) groups excluding carboxylic acids is 2. The number of halogens is 2. The van der Waals surface area contributed by atoms with Crippen LogP contribution in [0.5, 0.6) is 0 Å². The number of sulfonamides is 1. The minimum atomic E-state index is -4.05. The van der Waals surface area contributed by atoms with Crippen molar-refractivity contribution in [1.29, 1.82) is 0 Å². The molecule has 1 unspecified atom stereocenters. The number of imide groups is 1. The molecule has 1 aliphatic carbocycles. The van der Waals surface area contributed by atoms with Crippen LogP contribution >= 0.6 is 11.6 Å². The van der Waals surface area contributed by atoms with Crippen LogP contribution in [0.25, 0.3) is 0 Å². The maximum absolute atomic E-state index is 13.6. The van der Waals surface area contributed by atoms with Crippen molar-refractivity contribution in [2.75, 3.05) is 4.90 Å². The molecular formula is C22H22ClFN2O4S. The highest BCUT2D eigenvalue weighted by Gasteiger charge is 2.49. The van der Waals surface area contributed by atoms with Gasteiger partial charge in [-0.3, -0.25) is 9.59 Å². The van der Waals surface area contributed by atoms with Gasteiger partial charge in [0.1, 0.15) is 11.9 Å². The van der Waals surface area contributed by atoms with Crippen molar-refractivity contribution in [2.45, 2.75) is 55.5 Å². The van der Waals surface area contributed by atoms with Crippen molar-refractivity contribution in [1.82, 2.24) is 4.31 Å². The molecule has 1 saturated heterocycles. The van der Waals surface area contributed by atoms with Gasteiger partial charge in [0.05, 0.1) is 17.0 Å². The summed E-state index contributed by atoms with van der Waals surface area (Å²) < 4.78 is 41.8. The molecule has 2 aromatic rings. The molecule has 0 radical (unpaired) electrons. The largest absolute Gasteiger partial charge is 0.274 e. The van der Waals surface area contributed by atoms with Gasteiger partial charge >= 0.3 is 0 Å². The molecule has 4 rings (SSSR count). The molecule has 1 saturated carbocycles. The predicted molar refractivity (Wildman–Crippen MR) is 115 cm³/mol. The van der Waals surface area contributed by atoms with E-state index in [1.165, 1.54) is 40.7 Å². The van der Waals surface area contributed by atoms with Crippen molar-refractivity contribution in [3.63, 3.8) is 0 Å². The van der Waals surface area contributed by atoms with Gasteiger partial charge in [0.25, 0.3) is 5.91 Å². The highest BCUT2D eigenvalue weighted by atomic mass is 35.5. The molecule has 2 fully saturated rings. The first-order chi connectivity index (χ1) is 14.8. The summed E-state index contributed by atoms with van der Waals surface area (Å²) in [4.78, 5) is 27.0. The van der Waals surface area contributed by atoms with Crippen molar-refractivity contribution in [3.8, 4) is 0 Å². The second-order valence-electron chi connectivity index (χ2n) is 7.84. The number of carbonyl (C=O) groups is 2. The fourth-order valence-electron chi connectivity index (χ4n) is 4.36. The Morgan fingerprint density at radius 2 is 1.55 bits per heavy atom. The molecule has 2 aromatic carbocycles. The highest BCUT2D eigenvalue weighted by Crippen LogP contribution is 2.35. The minimum Gasteiger partial charge on any atom is -0.274 e. The van der Waals surface area contributed by atoms with Gasteiger partial charge in [-0.1, -0.05) is 30.9 Å². The molecule has 9 heteroatoms. The molecule has 6 nitrogen and oxygen atoms in total. The molecule has 0 N–H and O–H groups in total. The van der Waals surface area contributed by atoms with E-state index in [4.69, 9.17) is 11.6 Å². The van der Waals surface area contributed by atoms with Crippen LogP contribution < -0.4 is 4.90 Å². The molecule has 1 heterocycles. The van der Waals surface area contributed by atoms with E-state index in [0.29, 0.717) is 17.9 Å². The van der Waals surface area contributed by atoms with Crippen molar-refractivity contribution >= 4 is 39.1 Å². The normalized spacial score (nSPS) is 20.6. The van der Waals surface area contributed by atoms with E-state index in [1.54, 1.807) is 0 Å². The van der Waals surface area contributed by atoms with Crippen molar-refractivity contribution in [2.24, 2.45) is 0 Å². The standard InChI is InChI=1S/C22H22ClFN2O4S/c23-15-6-12-19(13-7-15)31(29,30)26(18-4-2-1-3-5-18)20-14-21(27)25(22(20)28)17-10-8-16(24)9-11-17/h6-13,18,20H,1-5,14H2. The fourth-order valence-corrected chi connectivity index (χ4v) is 6.31. The summed E-state index contributed by atoms with van der Waals surface area (Å²) in [6.07, 6.45) is 3.72. The van der Waals surface area contributed by atoms with E-state index < -0.39 is 33.7 Å². The van der Waals surface area contributed by atoms with Crippen LogP contribution in [0.2, 0.25) is 5.02 Å². The Balaban J connectivity index is 1.73. The zero-order valence-electron chi connectivity index (χ0n) is 16.7. The highest BCUT2D eigenvalue weighted by molar-refractivity contribution is 7.89. The second kappa shape index (κ2) is 8.68. The Hall–Kier alpha value is -2.29. The maximum Gasteiger partial charge on any atom is 0.252 e. The quantitative estimate of drug-likeness (QED) is 0.623. The summed E-state index contributed by atoms with van der Waals surface area (Å²) in [6, 6.07) is 9.28. The minimum absolute atomic E-state index is 0.0305. The molecule has 2 amide bonds. The average molecular weight is 465 g/mol. The van der Waals surface area contributed by atoms with Gasteiger partial charge in [0.2, 0.25) is 15.9 Å². The van der Waals surface area contributed by atoms with E-state index in [-0.39, 0.29) is 23.0 Å². The van der Waals surface area contributed by atoms with E-state index in [9.17, 15) is 22.4 Å². The Bertz CT molecular complexity index is 1080. The van der Waals surface area contributed by atoms with Gasteiger partial charge in [-0.15, -0.1) is 0 Å². The monoisotopic (exact) mass is 464 g/mol. The zero-order chi connectivity index (χ0) is 22.2. The lowest BCUT2D eigenvalue weighted by atomic mass is 9.94. The average Bonchev–Trinajstić information content (AvgIpc) is 3.03. The van der Waals surface area contributed by atoms with Gasteiger partial charge in [-0.2, -0.15) is 4.31 Å². The van der Waals surface area contributed by atoms with E-state index in [1.807, 2.05) is 0 Å². The van der Waals surface area contributed by atoms with Gasteiger partial charge in [0, 0.05) is 11.1 Å². The summed E-state index contributed by atoms with van der Waals surface area (Å²) in [6.45, 7) is 0. The first-order valence-electron chi connectivity index (χ1n) is 10.2. The number of hydrogen-bond acceptors (Lipinski definition) is 4. The maximum atomic E-state index is 13.6. The second-order valence-corrected chi connectivity index (χ2v) is 10.1. The summed E-state index contributed by atoms with van der Waals surface area (Å²) in [5, 5.41) is 0.401. The van der Waals surface area contributed by atoms with Crippen molar-refractivity contribution < 1.29 is 22.4 Å². The predicted octanol–water partition coefficient (Wildman–Crippen LogP) is 4.13. The van der Waals surface area contributed by atoms with E-state index in [0.717, 1.165) is 36.3 Å². The van der Waals surface area contributed by atoms with Gasteiger partial charge < -0.3 is 0 Å². The molecule has 1 aliphatic heterocycles. The van der Waals surface area contributed by atoms with Crippen LogP contribution in [0.1, 0.15) is 38.5 Å². The number of rotatable bonds is 5. The first-order valence-corrected chi connectivity index (χ1v) is 12.0. The summed E-state index contributed by atoms with van der Waals surface area (Å²) in [5.41, 5.74) is 0.228. The molecule has 0 bridgehead atoms. The number of anilines is 1. The zero-order valence-corrected chi connectivity index (χ0v) is 18.3. The molecule has 2 aliphatic rings. The van der Waals surface area contributed by atoms with Crippen LogP contribution in [0.3, 0.4) is 0 Å². The van der Waals surface area contributed by atoms with Crippen LogP contribution in [0.15, 0.2) is 53.4 Å². The SMILES string of the molecule is O=C1CC(N(C2CCCCC2)S(=O)(=O)c2ccc(Cl)cc2)C(=O)N1c1ccc(F)cc1. The van der Waals surface area contributed by atoms with Crippen LogP contribution in [0, 0.1) is 5.82 Å². The molecule has 164 valence electrons. The summed E-state index contributed by atoms with van der Waals surface area (Å²) in [5.74, 6) is -1.61. The fraction of sp³-hybridized carbons (Fsp3) is 0.364. The lowest BCUT2D eigenvalue weighted by Gasteiger charge is -2.36. The molecule has 31 heavy (non-hydrogen) atoms. The number of benzene rings is 2. The Morgan fingerprint density at radius 1 is 0.935 bits per heavy atom. The third-order valence-electron chi connectivity index (χ3n) is 5.84. The van der Waals surface area contributed by atoms with Gasteiger partial charge in [-0.05, 0) is 61.4 Å². The number of nitrogens with zero attached hydrogens (tertiary/aromatic N) is 2. The third kappa shape index (κ3) is 4.24. The Morgan fingerprint density at radius 3 is 2.16 bits per heavy atom. The lowest BCUT2D eigenvalue weighted by Crippen LogP contribution is -2.51. The molecular weight excluding hydrogens is 443 g/mol. The summed E-state index contributed by atoms with van der Waals surface area (Å²) >= 11 is 5.92. The molecule has 1 atom stereocenters. The smallest absolute Gasteiger partial charge is 0.252 e. The Labute approximate surface area is 185 Å². The molecule has 0 spiro atoms. The topological polar surface area (TPSA) is 74.8 Å². The van der Waals surface area contributed by atoms with Gasteiger partial charge in [-0.25, -0.2) is 17.7 Å². The number of amides is 2. The van der Waals surface area contributed by atoms with E-state index >= 15 is 0 Å². The van der Waals surface area contributed by atoms with E-state index in [2.05, 4.69) is 0 Å².